The van der Waals surface area contributed by atoms with Gasteiger partial charge in [-0.15, -0.1) is 0 Å². The second kappa shape index (κ2) is 9.21. The number of fused-ring (bicyclic) bond motifs is 2. The molecule has 6 heteroatoms. The molecule has 0 aliphatic carbocycles. The van der Waals surface area contributed by atoms with Crippen LogP contribution in [-0.4, -0.2) is 47.4 Å². The molecule has 2 aliphatic rings. The van der Waals surface area contributed by atoms with E-state index in [2.05, 4.69) is 30.9 Å². The van der Waals surface area contributed by atoms with Gasteiger partial charge in [0.25, 0.3) is 0 Å². The molecule has 0 saturated carbocycles. The molecule has 2 heterocycles. The Balaban J connectivity index is 1.37. The van der Waals surface area contributed by atoms with Crippen LogP contribution in [0.4, 0.5) is 10.5 Å². The van der Waals surface area contributed by atoms with Gasteiger partial charge >= 0.3 is 6.09 Å². The summed E-state index contributed by atoms with van der Waals surface area (Å²) in [5.41, 5.74) is 5.04. The molecule has 2 aliphatic heterocycles. The summed E-state index contributed by atoms with van der Waals surface area (Å²) < 4.78 is 11.9. The summed E-state index contributed by atoms with van der Waals surface area (Å²) in [5, 5.41) is 0. The van der Waals surface area contributed by atoms with Crippen LogP contribution < -0.4 is 4.74 Å². The number of piperazine rings is 1. The van der Waals surface area contributed by atoms with Crippen molar-refractivity contribution in [1.29, 1.82) is 0 Å². The van der Waals surface area contributed by atoms with Crippen molar-refractivity contribution in [2.45, 2.75) is 33.4 Å². The van der Waals surface area contributed by atoms with Crippen LogP contribution in [0.15, 0.2) is 71.7 Å². The van der Waals surface area contributed by atoms with Gasteiger partial charge in [0.2, 0.25) is 0 Å². The molecule has 0 unspecified atom stereocenters. The summed E-state index contributed by atoms with van der Waals surface area (Å²) in [6.07, 6.45) is -0.279. The Labute approximate surface area is 200 Å². The lowest BCUT2D eigenvalue weighted by atomic mass is 10.1. The average molecular weight is 456 g/mol. The predicted molar refractivity (Wildman–Crippen MR) is 133 cm³/mol. The molecule has 1 amide bonds. The van der Waals surface area contributed by atoms with Crippen molar-refractivity contribution in [3.8, 4) is 11.5 Å². The number of rotatable bonds is 2. The molecule has 1 fully saturated rings. The van der Waals surface area contributed by atoms with Gasteiger partial charge in [0.05, 0.1) is 5.56 Å². The Hall–Kier alpha value is -3.80. The van der Waals surface area contributed by atoms with Gasteiger partial charge in [-0.05, 0) is 56.2 Å². The van der Waals surface area contributed by atoms with E-state index in [-0.39, 0.29) is 18.7 Å². The summed E-state index contributed by atoms with van der Waals surface area (Å²) in [6, 6.07) is 22.0. The summed E-state index contributed by atoms with van der Waals surface area (Å²) in [4.78, 5) is 21.9. The number of amides is 1. The first kappa shape index (κ1) is 22.0. The zero-order valence-corrected chi connectivity index (χ0v) is 19.8. The molecule has 1 atom stereocenters. The van der Waals surface area contributed by atoms with E-state index in [0.29, 0.717) is 19.6 Å². The minimum absolute atomic E-state index is 0.0188. The average Bonchev–Trinajstić information content (AvgIpc) is 2.99. The van der Waals surface area contributed by atoms with E-state index in [1.165, 1.54) is 0 Å². The summed E-state index contributed by atoms with van der Waals surface area (Å²) >= 11 is 0. The number of hydrogen-bond acceptors (Lipinski definition) is 5. The van der Waals surface area contributed by atoms with Gasteiger partial charge in [-0.2, -0.15) is 0 Å². The number of ether oxygens (including phenoxy) is 2. The van der Waals surface area contributed by atoms with Gasteiger partial charge in [0.15, 0.2) is 5.75 Å². The normalized spacial score (nSPS) is 17.1. The Kier molecular flexibility index (Phi) is 5.97. The summed E-state index contributed by atoms with van der Waals surface area (Å²) in [5.74, 6) is 2.44. The molecule has 0 spiro atoms. The molecule has 1 saturated heterocycles. The third-order valence-corrected chi connectivity index (χ3v) is 6.30. The van der Waals surface area contributed by atoms with E-state index in [9.17, 15) is 4.79 Å². The molecule has 6 nitrogen and oxygen atoms in total. The van der Waals surface area contributed by atoms with E-state index in [0.717, 1.165) is 45.3 Å². The van der Waals surface area contributed by atoms with E-state index in [1.54, 1.807) is 0 Å². The van der Waals surface area contributed by atoms with Crippen LogP contribution >= 0.6 is 0 Å². The first-order valence-electron chi connectivity index (χ1n) is 11.7. The monoisotopic (exact) mass is 455 g/mol. The maximum atomic E-state index is 12.8. The number of benzene rings is 3. The standard InChI is InChI=1S/C28H29N3O3/c1-19-10-12-25-23(15-19)27(29-24-11-9-20(2)16-26(24)34-25)30-13-14-31(21(3)17-30)28(32)33-18-22-7-5-4-6-8-22/h4-12,15-16,21H,13-14,17-18H2,1-3H3/t21-/m1/s1. The van der Waals surface area contributed by atoms with Crippen molar-refractivity contribution in [3.05, 3.63) is 89.0 Å². The highest BCUT2D eigenvalue weighted by molar-refractivity contribution is 6.04. The second-order valence-electron chi connectivity index (χ2n) is 9.04. The van der Waals surface area contributed by atoms with Crippen LogP contribution in [-0.2, 0) is 11.3 Å². The number of hydrogen-bond donors (Lipinski definition) is 0. The van der Waals surface area contributed by atoms with Crippen molar-refractivity contribution >= 4 is 17.6 Å². The van der Waals surface area contributed by atoms with E-state index < -0.39 is 0 Å². The minimum Gasteiger partial charge on any atom is -0.454 e. The van der Waals surface area contributed by atoms with Gasteiger partial charge in [-0.25, -0.2) is 9.79 Å². The molecular formula is C28H29N3O3. The Morgan fingerprint density at radius 3 is 2.56 bits per heavy atom. The third-order valence-electron chi connectivity index (χ3n) is 6.30. The maximum absolute atomic E-state index is 12.8. The lowest BCUT2D eigenvalue weighted by Gasteiger charge is -2.40. The zero-order chi connectivity index (χ0) is 23.7. The van der Waals surface area contributed by atoms with Crippen molar-refractivity contribution in [1.82, 2.24) is 9.80 Å². The van der Waals surface area contributed by atoms with E-state index in [1.807, 2.05) is 66.4 Å². The van der Waals surface area contributed by atoms with Gasteiger partial charge in [-0.1, -0.05) is 48.0 Å². The molecule has 0 radical (unpaired) electrons. The predicted octanol–water partition coefficient (Wildman–Crippen LogP) is 5.83. The molecule has 174 valence electrons. The number of carbonyl (C=O) groups is 1. The molecule has 0 N–H and O–H groups in total. The van der Waals surface area contributed by atoms with E-state index >= 15 is 0 Å². The number of carbonyl (C=O) groups excluding carboxylic acids is 1. The van der Waals surface area contributed by atoms with Gasteiger partial charge in [0, 0.05) is 25.7 Å². The molecule has 0 bridgehead atoms. The van der Waals surface area contributed by atoms with Gasteiger partial charge in [-0.3, -0.25) is 0 Å². The van der Waals surface area contributed by atoms with Crippen molar-refractivity contribution in [2.24, 2.45) is 4.99 Å². The van der Waals surface area contributed by atoms with Crippen molar-refractivity contribution in [2.75, 3.05) is 19.6 Å². The second-order valence-corrected chi connectivity index (χ2v) is 9.04. The van der Waals surface area contributed by atoms with Crippen LogP contribution in [0, 0.1) is 13.8 Å². The van der Waals surface area contributed by atoms with Crippen LogP contribution in [0.5, 0.6) is 11.5 Å². The molecule has 0 aromatic heterocycles. The molecule has 3 aromatic rings. The van der Waals surface area contributed by atoms with Crippen molar-refractivity contribution < 1.29 is 14.3 Å². The number of aliphatic imine (C=N–C) groups is 1. The largest absolute Gasteiger partial charge is 0.454 e. The maximum Gasteiger partial charge on any atom is 0.410 e. The van der Waals surface area contributed by atoms with E-state index in [4.69, 9.17) is 14.5 Å². The zero-order valence-electron chi connectivity index (χ0n) is 19.8. The van der Waals surface area contributed by atoms with Crippen LogP contribution in [0.1, 0.15) is 29.2 Å². The topological polar surface area (TPSA) is 54.4 Å². The first-order chi connectivity index (χ1) is 16.5. The summed E-state index contributed by atoms with van der Waals surface area (Å²) in [6.45, 7) is 8.34. The van der Waals surface area contributed by atoms with Crippen molar-refractivity contribution in [3.63, 3.8) is 0 Å². The first-order valence-corrected chi connectivity index (χ1v) is 11.7. The minimum atomic E-state index is -0.279. The highest BCUT2D eigenvalue weighted by Crippen LogP contribution is 2.39. The fourth-order valence-electron chi connectivity index (χ4n) is 4.46. The molecular weight excluding hydrogens is 426 g/mol. The molecule has 3 aromatic carbocycles. The highest BCUT2D eigenvalue weighted by atomic mass is 16.6. The molecule has 5 rings (SSSR count). The van der Waals surface area contributed by atoms with Gasteiger partial charge < -0.3 is 19.3 Å². The Morgan fingerprint density at radius 1 is 1.00 bits per heavy atom. The van der Waals surface area contributed by atoms with Crippen LogP contribution in [0.2, 0.25) is 0 Å². The lowest BCUT2D eigenvalue weighted by Crippen LogP contribution is -2.55. The van der Waals surface area contributed by atoms with Crippen LogP contribution in [0.25, 0.3) is 0 Å². The number of aryl methyl sites for hydroxylation is 2. The Morgan fingerprint density at radius 2 is 1.76 bits per heavy atom. The fraction of sp³-hybridized carbons (Fsp3) is 0.286. The quantitative estimate of drug-likeness (QED) is 0.488. The SMILES string of the molecule is Cc1ccc2c(c1)Oc1ccc(C)cc1C(N1CCN(C(=O)OCc3ccccc3)[C@H](C)C1)=N2. The van der Waals surface area contributed by atoms with Crippen LogP contribution in [0.3, 0.4) is 0 Å². The molecule has 34 heavy (non-hydrogen) atoms. The lowest BCUT2D eigenvalue weighted by molar-refractivity contribution is 0.0624. The number of nitrogens with zero attached hydrogens (tertiary/aromatic N) is 3. The smallest absolute Gasteiger partial charge is 0.410 e. The fourth-order valence-corrected chi connectivity index (χ4v) is 4.46. The summed E-state index contributed by atoms with van der Waals surface area (Å²) in [7, 11) is 0. The number of amidine groups is 1. The Bertz CT molecular complexity index is 1240. The van der Waals surface area contributed by atoms with Gasteiger partial charge in [0.1, 0.15) is 23.9 Å². The third kappa shape index (κ3) is 4.49. The highest BCUT2D eigenvalue weighted by Gasteiger charge is 2.32.